The Kier molecular flexibility index (Phi) is 3.68. The van der Waals surface area contributed by atoms with Crippen LogP contribution in [0.25, 0.3) is 0 Å². The fraction of sp³-hybridized carbons (Fsp3) is 0.462. The van der Waals surface area contributed by atoms with E-state index in [1.807, 2.05) is 6.07 Å². The van der Waals surface area contributed by atoms with Gasteiger partial charge in [0.05, 0.1) is 5.69 Å². The first-order valence-corrected chi connectivity index (χ1v) is 7.57. The summed E-state index contributed by atoms with van der Waals surface area (Å²) in [5, 5.41) is 9.59. The SMILES string of the molecule is Nc1ccnc(CSc2nnc3n2CCCCC3)c1. The number of fused-ring (bicyclic) bond motifs is 1. The summed E-state index contributed by atoms with van der Waals surface area (Å²) in [6.45, 7) is 1.04. The van der Waals surface area contributed by atoms with Crippen molar-refractivity contribution in [3.05, 3.63) is 29.8 Å². The van der Waals surface area contributed by atoms with Gasteiger partial charge in [0.1, 0.15) is 5.82 Å². The quantitative estimate of drug-likeness (QED) is 0.870. The Morgan fingerprint density at radius 2 is 2.21 bits per heavy atom. The highest BCUT2D eigenvalue weighted by atomic mass is 32.2. The summed E-state index contributed by atoms with van der Waals surface area (Å²) < 4.78 is 2.25. The molecule has 1 aliphatic rings. The topological polar surface area (TPSA) is 69.6 Å². The minimum absolute atomic E-state index is 0.755. The lowest BCUT2D eigenvalue weighted by Gasteiger charge is -2.06. The van der Waals surface area contributed by atoms with E-state index in [1.54, 1.807) is 24.0 Å². The first-order chi connectivity index (χ1) is 9.33. The van der Waals surface area contributed by atoms with Crippen molar-refractivity contribution in [3.8, 4) is 0 Å². The van der Waals surface area contributed by atoms with Gasteiger partial charge in [0.15, 0.2) is 5.16 Å². The van der Waals surface area contributed by atoms with Gasteiger partial charge in [-0.1, -0.05) is 18.2 Å². The van der Waals surface area contributed by atoms with Gasteiger partial charge in [-0.3, -0.25) is 4.98 Å². The van der Waals surface area contributed by atoms with E-state index < -0.39 is 0 Å². The molecule has 6 heteroatoms. The molecule has 3 heterocycles. The number of hydrogen-bond acceptors (Lipinski definition) is 5. The number of hydrogen-bond donors (Lipinski definition) is 1. The van der Waals surface area contributed by atoms with Crippen molar-refractivity contribution in [2.24, 2.45) is 0 Å². The normalized spacial score (nSPS) is 14.9. The number of pyridine rings is 1. The number of nitrogens with two attached hydrogens (primary N) is 1. The van der Waals surface area contributed by atoms with Gasteiger partial charge in [0.25, 0.3) is 0 Å². The third-order valence-electron chi connectivity index (χ3n) is 3.27. The largest absolute Gasteiger partial charge is 0.399 e. The van der Waals surface area contributed by atoms with Crippen LogP contribution < -0.4 is 5.73 Å². The number of thioether (sulfide) groups is 1. The molecule has 2 N–H and O–H groups in total. The minimum Gasteiger partial charge on any atom is -0.399 e. The maximum Gasteiger partial charge on any atom is 0.191 e. The van der Waals surface area contributed by atoms with E-state index in [0.717, 1.165) is 41.1 Å². The fourth-order valence-corrected chi connectivity index (χ4v) is 3.17. The average molecular weight is 275 g/mol. The second-order valence-corrected chi connectivity index (χ2v) is 5.67. The molecule has 0 radical (unpaired) electrons. The molecule has 0 aliphatic carbocycles. The molecule has 0 saturated carbocycles. The van der Waals surface area contributed by atoms with Gasteiger partial charge >= 0.3 is 0 Å². The monoisotopic (exact) mass is 275 g/mol. The Morgan fingerprint density at radius 1 is 1.26 bits per heavy atom. The summed E-state index contributed by atoms with van der Waals surface area (Å²) in [7, 11) is 0. The van der Waals surface area contributed by atoms with Crippen LogP contribution in [-0.2, 0) is 18.7 Å². The van der Waals surface area contributed by atoms with Crippen LogP contribution in [0.1, 0.15) is 30.8 Å². The average Bonchev–Trinajstić information content (AvgIpc) is 2.64. The third kappa shape index (κ3) is 2.89. The summed E-state index contributed by atoms with van der Waals surface area (Å²) in [6, 6.07) is 3.71. The molecular formula is C13H17N5S. The molecule has 0 aromatic carbocycles. The van der Waals surface area contributed by atoms with E-state index in [9.17, 15) is 0 Å². The number of aromatic nitrogens is 4. The zero-order valence-electron chi connectivity index (χ0n) is 10.7. The fourth-order valence-electron chi connectivity index (χ4n) is 2.28. The molecule has 0 bridgehead atoms. The van der Waals surface area contributed by atoms with Crippen LogP contribution in [0.15, 0.2) is 23.5 Å². The predicted molar refractivity (Wildman–Crippen MR) is 75.8 cm³/mol. The lowest BCUT2D eigenvalue weighted by molar-refractivity contribution is 0.591. The second-order valence-electron chi connectivity index (χ2n) is 4.73. The Bertz CT molecular complexity index is 566. The molecule has 0 unspecified atom stereocenters. The van der Waals surface area contributed by atoms with E-state index in [2.05, 4.69) is 19.7 Å². The zero-order chi connectivity index (χ0) is 13.1. The Morgan fingerprint density at radius 3 is 3.11 bits per heavy atom. The van der Waals surface area contributed by atoms with Crippen LogP contribution >= 0.6 is 11.8 Å². The van der Waals surface area contributed by atoms with Crippen molar-refractivity contribution in [2.75, 3.05) is 5.73 Å². The molecule has 1 aliphatic heterocycles. The molecule has 0 amide bonds. The Labute approximate surface area is 116 Å². The summed E-state index contributed by atoms with van der Waals surface area (Å²) in [5.41, 5.74) is 7.49. The number of aryl methyl sites for hydroxylation is 1. The van der Waals surface area contributed by atoms with Crippen LogP contribution in [0.5, 0.6) is 0 Å². The summed E-state index contributed by atoms with van der Waals surface area (Å²) in [4.78, 5) is 4.31. The standard InChI is InChI=1S/C13H17N5S/c14-10-5-6-15-11(8-10)9-19-13-17-16-12-4-2-1-3-7-18(12)13/h5-6,8H,1-4,7,9H2,(H2,14,15). The van der Waals surface area contributed by atoms with Crippen molar-refractivity contribution >= 4 is 17.4 Å². The van der Waals surface area contributed by atoms with Gasteiger partial charge < -0.3 is 10.3 Å². The van der Waals surface area contributed by atoms with E-state index in [0.29, 0.717) is 0 Å². The summed E-state index contributed by atoms with van der Waals surface area (Å²) >= 11 is 1.68. The molecular weight excluding hydrogens is 258 g/mol. The molecule has 100 valence electrons. The highest BCUT2D eigenvalue weighted by Crippen LogP contribution is 2.24. The third-order valence-corrected chi connectivity index (χ3v) is 4.27. The van der Waals surface area contributed by atoms with Crippen molar-refractivity contribution in [3.63, 3.8) is 0 Å². The van der Waals surface area contributed by atoms with Gasteiger partial charge in [0, 0.05) is 30.6 Å². The first kappa shape index (κ1) is 12.5. The molecule has 2 aromatic heterocycles. The minimum atomic E-state index is 0.755. The number of nitrogen functional groups attached to an aromatic ring is 1. The van der Waals surface area contributed by atoms with E-state index >= 15 is 0 Å². The van der Waals surface area contributed by atoms with Crippen molar-refractivity contribution < 1.29 is 0 Å². The zero-order valence-corrected chi connectivity index (χ0v) is 11.6. The molecule has 2 aromatic rings. The predicted octanol–water partition coefficient (Wildman–Crippen LogP) is 2.27. The molecule has 0 saturated heterocycles. The molecule has 0 spiro atoms. The highest BCUT2D eigenvalue weighted by molar-refractivity contribution is 7.98. The van der Waals surface area contributed by atoms with Crippen molar-refractivity contribution in [1.82, 2.24) is 19.7 Å². The smallest absolute Gasteiger partial charge is 0.191 e. The molecule has 19 heavy (non-hydrogen) atoms. The number of nitrogens with zero attached hydrogens (tertiary/aromatic N) is 4. The highest BCUT2D eigenvalue weighted by Gasteiger charge is 2.15. The molecule has 0 atom stereocenters. The van der Waals surface area contributed by atoms with E-state index in [4.69, 9.17) is 5.73 Å². The lowest BCUT2D eigenvalue weighted by Crippen LogP contribution is -2.02. The number of rotatable bonds is 3. The van der Waals surface area contributed by atoms with Crippen LogP contribution in [0.2, 0.25) is 0 Å². The maximum absolute atomic E-state index is 5.76. The summed E-state index contributed by atoms with van der Waals surface area (Å²) in [5.74, 6) is 1.91. The maximum atomic E-state index is 5.76. The van der Waals surface area contributed by atoms with Crippen LogP contribution in [-0.4, -0.2) is 19.7 Å². The molecule has 0 fully saturated rings. The van der Waals surface area contributed by atoms with Gasteiger partial charge in [-0.05, 0) is 25.0 Å². The second kappa shape index (κ2) is 5.61. The lowest BCUT2D eigenvalue weighted by atomic mass is 10.2. The van der Waals surface area contributed by atoms with E-state index in [-0.39, 0.29) is 0 Å². The van der Waals surface area contributed by atoms with Gasteiger partial charge in [-0.2, -0.15) is 0 Å². The van der Waals surface area contributed by atoms with Gasteiger partial charge in [-0.15, -0.1) is 10.2 Å². The Hall–Kier alpha value is -1.56. The first-order valence-electron chi connectivity index (χ1n) is 6.58. The summed E-state index contributed by atoms with van der Waals surface area (Å²) in [6.07, 6.45) is 6.51. The number of anilines is 1. The van der Waals surface area contributed by atoms with Gasteiger partial charge in [-0.25, -0.2) is 0 Å². The van der Waals surface area contributed by atoms with E-state index in [1.165, 1.54) is 19.3 Å². The molecule has 3 rings (SSSR count). The molecule has 5 nitrogen and oxygen atoms in total. The van der Waals surface area contributed by atoms with Crippen molar-refractivity contribution in [1.29, 1.82) is 0 Å². The van der Waals surface area contributed by atoms with Crippen LogP contribution in [0.4, 0.5) is 5.69 Å². The van der Waals surface area contributed by atoms with Gasteiger partial charge in [0.2, 0.25) is 0 Å². The van der Waals surface area contributed by atoms with Crippen molar-refractivity contribution in [2.45, 2.75) is 43.1 Å². The Balaban J connectivity index is 1.72. The van der Waals surface area contributed by atoms with Crippen LogP contribution in [0.3, 0.4) is 0 Å². The van der Waals surface area contributed by atoms with Crippen LogP contribution in [0, 0.1) is 0 Å².